The van der Waals surface area contributed by atoms with E-state index in [2.05, 4.69) is 4.98 Å². The normalized spacial score (nSPS) is 18.8. The third kappa shape index (κ3) is 1.12. The molecule has 0 saturated heterocycles. The number of hydrogen-bond acceptors (Lipinski definition) is 3. The topological polar surface area (TPSA) is 56.0 Å². The summed E-state index contributed by atoms with van der Waals surface area (Å²) < 4.78 is 0. The molecule has 1 aromatic heterocycles. The van der Waals surface area contributed by atoms with Crippen LogP contribution in [0.1, 0.15) is 23.2 Å². The predicted molar refractivity (Wildman–Crippen MR) is 44.7 cm³/mol. The van der Waals surface area contributed by atoms with Gasteiger partial charge in [0.05, 0.1) is 5.54 Å². The maximum atomic E-state index is 11.6. The molecule has 1 heterocycles. The first-order valence-corrected chi connectivity index (χ1v) is 3.96. The molecule has 62 valence electrons. The van der Waals surface area contributed by atoms with Crippen molar-refractivity contribution in [1.82, 2.24) is 4.98 Å². The summed E-state index contributed by atoms with van der Waals surface area (Å²) in [6.07, 6.45) is 4.82. The molecule has 0 amide bonds. The van der Waals surface area contributed by atoms with Gasteiger partial charge in [-0.25, -0.2) is 0 Å². The molecule has 0 aromatic carbocycles. The Bertz CT molecular complexity index is 304. The Kier molecular flexibility index (Phi) is 1.48. The number of nitrogens with two attached hydrogens (primary N) is 1. The molecule has 0 radical (unpaired) electrons. The molecule has 0 atom stereocenters. The van der Waals surface area contributed by atoms with Crippen LogP contribution in [0.3, 0.4) is 0 Å². The predicted octanol–water partition coefficient (Wildman–Crippen LogP) is 0.756. The average molecular weight is 162 g/mol. The molecule has 2 N–H and O–H groups in total. The second-order valence-electron chi connectivity index (χ2n) is 3.23. The van der Waals surface area contributed by atoms with E-state index < -0.39 is 5.54 Å². The zero-order valence-electron chi connectivity index (χ0n) is 6.66. The molecule has 1 saturated carbocycles. The highest BCUT2D eigenvalue weighted by Crippen LogP contribution is 2.35. The highest BCUT2D eigenvalue weighted by atomic mass is 16.1. The zero-order chi connectivity index (χ0) is 8.60. The van der Waals surface area contributed by atoms with E-state index in [0.29, 0.717) is 5.56 Å². The van der Waals surface area contributed by atoms with E-state index in [1.165, 1.54) is 0 Å². The zero-order valence-corrected chi connectivity index (χ0v) is 6.66. The lowest BCUT2D eigenvalue weighted by Crippen LogP contribution is -2.32. The third-order valence-electron chi connectivity index (χ3n) is 2.16. The summed E-state index contributed by atoms with van der Waals surface area (Å²) in [5.41, 5.74) is 5.80. The van der Waals surface area contributed by atoms with Gasteiger partial charge in [0.2, 0.25) is 0 Å². The van der Waals surface area contributed by atoms with E-state index in [0.717, 1.165) is 12.8 Å². The van der Waals surface area contributed by atoms with Crippen LogP contribution in [0, 0.1) is 0 Å². The van der Waals surface area contributed by atoms with E-state index in [-0.39, 0.29) is 5.78 Å². The fourth-order valence-electron chi connectivity index (χ4n) is 1.15. The first-order chi connectivity index (χ1) is 5.72. The summed E-state index contributed by atoms with van der Waals surface area (Å²) in [6, 6.07) is 3.50. The Morgan fingerprint density at radius 3 is 2.83 bits per heavy atom. The van der Waals surface area contributed by atoms with Crippen molar-refractivity contribution in [2.75, 3.05) is 0 Å². The number of nitrogens with zero attached hydrogens (tertiary/aromatic N) is 1. The number of carbonyl (C=O) groups excluding carboxylic acids is 1. The van der Waals surface area contributed by atoms with Gasteiger partial charge in [-0.15, -0.1) is 0 Å². The quantitative estimate of drug-likeness (QED) is 0.653. The summed E-state index contributed by atoms with van der Waals surface area (Å²) in [6.45, 7) is 0. The lowest BCUT2D eigenvalue weighted by Gasteiger charge is -2.05. The van der Waals surface area contributed by atoms with E-state index in [1.807, 2.05) is 0 Å². The Morgan fingerprint density at radius 1 is 1.58 bits per heavy atom. The number of aromatic nitrogens is 1. The number of rotatable bonds is 2. The molecular formula is C9H10N2O. The molecular weight excluding hydrogens is 152 g/mol. The first-order valence-electron chi connectivity index (χ1n) is 3.96. The van der Waals surface area contributed by atoms with Crippen molar-refractivity contribution in [3.8, 4) is 0 Å². The van der Waals surface area contributed by atoms with Gasteiger partial charge in [0.25, 0.3) is 0 Å². The number of pyridine rings is 1. The van der Waals surface area contributed by atoms with Gasteiger partial charge in [0, 0.05) is 18.0 Å². The minimum absolute atomic E-state index is 0.0237. The Balaban J connectivity index is 2.26. The highest BCUT2D eigenvalue weighted by molar-refractivity contribution is 6.04. The smallest absolute Gasteiger partial charge is 0.184 e. The van der Waals surface area contributed by atoms with Crippen LogP contribution in [-0.2, 0) is 0 Å². The summed E-state index contributed by atoms with van der Waals surface area (Å²) in [7, 11) is 0. The Morgan fingerprint density at radius 2 is 2.33 bits per heavy atom. The molecule has 1 fully saturated rings. The van der Waals surface area contributed by atoms with E-state index in [4.69, 9.17) is 5.73 Å². The summed E-state index contributed by atoms with van der Waals surface area (Å²) >= 11 is 0. The first kappa shape index (κ1) is 7.43. The largest absolute Gasteiger partial charge is 0.319 e. The second kappa shape index (κ2) is 2.38. The molecule has 12 heavy (non-hydrogen) atoms. The Hall–Kier alpha value is -1.22. The lowest BCUT2D eigenvalue weighted by atomic mass is 10.1. The summed E-state index contributed by atoms with van der Waals surface area (Å²) in [4.78, 5) is 15.4. The molecule has 1 aliphatic rings. The third-order valence-corrected chi connectivity index (χ3v) is 2.16. The average Bonchev–Trinajstić information content (AvgIpc) is 2.85. The van der Waals surface area contributed by atoms with Gasteiger partial charge in [0.15, 0.2) is 5.78 Å². The van der Waals surface area contributed by atoms with Crippen LogP contribution < -0.4 is 5.73 Å². The molecule has 0 spiro atoms. The maximum absolute atomic E-state index is 11.6. The van der Waals surface area contributed by atoms with Crippen LogP contribution >= 0.6 is 0 Å². The molecule has 0 bridgehead atoms. The minimum Gasteiger partial charge on any atom is -0.319 e. The van der Waals surface area contributed by atoms with Crippen molar-refractivity contribution in [2.24, 2.45) is 5.73 Å². The summed E-state index contributed by atoms with van der Waals surface area (Å²) in [5, 5.41) is 0. The van der Waals surface area contributed by atoms with Crippen LogP contribution in [0.2, 0.25) is 0 Å². The number of carbonyl (C=O) groups is 1. The van der Waals surface area contributed by atoms with Gasteiger partial charge < -0.3 is 5.73 Å². The molecule has 0 aliphatic heterocycles. The standard InChI is InChI=1S/C9H10N2O/c10-9(3-4-9)8(12)7-2-1-5-11-6-7/h1-2,5-6H,3-4,10H2. The van der Waals surface area contributed by atoms with Crippen LogP contribution in [0.4, 0.5) is 0 Å². The maximum Gasteiger partial charge on any atom is 0.184 e. The molecule has 0 unspecified atom stereocenters. The van der Waals surface area contributed by atoms with Gasteiger partial charge in [-0.05, 0) is 25.0 Å². The highest BCUT2D eigenvalue weighted by Gasteiger charge is 2.45. The van der Waals surface area contributed by atoms with Gasteiger partial charge in [-0.2, -0.15) is 0 Å². The van der Waals surface area contributed by atoms with E-state index in [9.17, 15) is 4.79 Å². The van der Waals surface area contributed by atoms with Crippen molar-refractivity contribution in [1.29, 1.82) is 0 Å². The van der Waals surface area contributed by atoms with Crippen molar-refractivity contribution >= 4 is 5.78 Å². The van der Waals surface area contributed by atoms with Crippen LogP contribution in [0.5, 0.6) is 0 Å². The van der Waals surface area contributed by atoms with E-state index >= 15 is 0 Å². The fourth-order valence-corrected chi connectivity index (χ4v) is 1.15. The number of hydrogen-bond donors (Lipinski definition) is 1. The second-order valence-corrected chi connectivity index (χ2v) is 3.23. The molecule has 1 aliphatic carbocycles. The summed E-state index contributed by atoms with van der Waals surface area (Å²) in [5.74, 6) is 0.0237. The van der Waals surface area contributed by atoms with Crippen LogP contribution in [0.15, 0.2) is 24.5 Å². The number of ketones is 1. The van der Waals surface area contributed by atoms with Gasteiger partial charge in [0.1, 0.15) is 0 Å². The molecule has 3 heteroatoms. The van der Waals surface area contributed by atoms with Crippen molar-refractivity contribution in [2.45, 2.75) is 18.4 Å². The monoisotopic (exact) mass is 162 g/mol. The van der Waals surface area contributed by atoms with Crippen LogP contribution in [-0.4, -0.2) is 16.3 Å². The molecule has 2 rings (SSSR count). The van der Waals surface area contributed by atoms with Crippen molar-refractivity contribution < 1.29 is 4.79 Å². The van der Waals surface area contributed by atoms with Gasteiger partial charge in [-0.1, -0.05) is 0 Å². The van der Waals surface area contributed by atoms with Crippen molar-refractivity contribution in [3.05, 3.63) is 30.1 Å². The molecule has 1 aromatic rings. The van der Waals surface area contributed by atoms with Crippen molar-refractivity contribution in [3.63, 3.8) is 0 Å². The SMILES string of the molecule is NC1(C(=O)c2cccnc2)CC1. The fraction of sp³-hybridized carbons (Fsp3) is 0.333. The van der Waals surface area contributed by atoms with Gasteiger partial charge >= 0.3 is 0 Å². The number of Topliss-reactive ketones (excluding diaryl/α,β-unsaturated/α-hetero) is 1. The van der Waals surface area contributed by atoms with E-state index in [1.54, 1.807) is 24.5 Å². The lowest BCUT2D eigenvalue weighted by molar-refractivity contribution is 0.0949. The van der Waals surface area contributed by atoms with Crippen LogP contribution in [0.25, 0.3) is 0 Å². The minimum atomic E-state index is -0.566. The Labute approximate surface area is 70.6 Å². The van der Waals surface area contributed by atoms with Gasteiger partial charge in [-0.3, -0.25) is 9.78 Å². The molecule has 3 nitrogen and oxygen atoms in total.